The van der Waals surface area contributed by atoms with E-state index >= 15 is 4.39 Å². The van der Waals surface area contributed by atoms with Crippen LogP contribution in [0.3, 0.4) is 0 Å². The van der Waals surface area contributed by atoms with Crippen LogP contribution in [0.2, 0.25) is 0 Å². The van der Waals surface area contributed by atoms with E-state index in [1.165, 1.54) is 84.9 Å². The fourth-order valence-corrected chi connectivity index (χ4v) is 11.4. The van der Waals surface area contributed by atoms with Crippen molar-refractivity contribution in [2.45, 2.75) is 72.6 Å². The van der Waals surface area contributed by atoms with E-state index in [9.17, 15) is 49.5 Å². The first-order chi connectivity index (χ1) is 49.9. The van der Waals surface area contributed by atoms with Crippen molar-refractivity contribution in [3.05, 3.63) is 271 Å². The number of benzene rings is 9. The number of carboxylic acid groups (broad SMARTS) is 1. The second kappa shape index (κ2) is 40.1. The van der Waals surface area contributed by atoms with Crippen LogP contribution in [0.4, 0.5) is 39.5 Å². The van der Waals surface area contributed by atoms with Gasteiger partial charge in [0.2, 0.25) is 0 Å². The molecule has 3 heterocycles. The van der Waals surface area contributed by atoms with E-state index in [0.717, 1.165) is 17.7 Å². The van der Waals surface area contributed by atoms with Crippen LogP contribution in [-0.2, 0) is 82.6 Å². The van der Waals surface area contributed by atoms with Gasteiger partial charge in [-0.1, -0.05) is 72.8 Å². The smallest absolute Gasteiger partial charge is 0.870 e. The predicted molar refractivity (Wildman–Crippen MR) is 380 cm³/mol. The minimum atomic E-state index is -1.78. The molecule has 0 bridgehead atoms. The van der Waals surface area contributed by atoms with E-state index in [1.54, 1.807) is 80.6 Å². The molecule has 12 aromatic rings. The third kappa shape index (κ3) is 22.5. The molecule has 107 heavy (non-hydrogen) atoms. The second-order valence-corrected chi connectivity index (χ2v) is 23.6. The van der Waals surface area contributed by atoms with E-state index in [4.69, 9.17) is 69.3 Å². The van der Waals surface area contributed by atoms with Gasteiger partial charge in [-0.2, -0.15) is 13.2 Å². The Kier molecular flexibility index (Phi) is 32.2. The summed E-state index contributed by atoms with van der Waals surface area (Å²) >= 11 is 3.33. The Labute approximate surface area is 632 Å². The standard InChI is InChI=1S/C26H22F3NO4.C24H18F3NO4.C19H15BrF2O4.C7H9BFNO2.ClH.Li.H2O/c1-2-32-24(31)11-16-6-7-19(27)12-22(16)33-14-15-8-18-10-23(28)34-26(18)21(9-15)20-5-3-4-17(13-30)25(20)29;25-17-5-4-14(9-22(29)30)20(10-17)31-12-13-6-16-8-21(26)32-24(16)19(7-13)18-3-1-2-15(11-28)23(18)27;1-2-24-18(23)8-12-3-4-14(21)9-16(12)25-10-11-5-13-7-17(22)26-19(13)15(20)6-11;9-7-5(4-10)2-1-3-6(7)8(11)12;;;/h3-10,12H,2,11,13-14,30H2,1H3;1-8,10H,9,11-12,28H2,(H,29,30);3-7,9H,2,8,10H2,1H3;1-3,11-12H,4,10H2;1H;;1H2/q;;;;;+1;/p-1. The average Bonchev–Trinajstić information content (AvgIpc) is 1.72. The molecule has 12 rings (SSSR count). The topological polar surface area (TPSA) is 306 Å². The van der Waals surface area contributed by atoms with Gasteiger partial charge in [-0.15, -0.1) is 12.4 Å². The number of fused-ring (bicyclic) bond motifs is 3. The van der Waals surface area contributed by atoms with Crippen molar-refractivity contribution in [1.82, 2.24) is 0 Å². The summed E-state index contributed by atoms with van der Waals surface area (Å²) in [6.07, 6.45) is -0.444. The van der Waals surface area contributed by atoms with Crippen LogP contribution in [0.1, 0.15) is 63.9 Å². The van der Waals surface area contributed by atoms with Gasteiger partial charge in [0.1, 0.15) is 83.1 Å². The van der Waals surface area contributed by atoms with Crippen LogP contribution in [0.5, 0.6) is 17.2 Å². The number of nitrogens with two attached hydrogens (primary N) is 3. The van der Waals surface area contributed by atoms with Crippen molar-refractivity contribution in [2.75, 3.05) is 13.2 Å². The molecule has 0 aliphatic rings. The molecule has 0 spiro atoms. The Hall–Kier alpha value is -10.0. The number of carboxylic acids is 1. The fourth-order valence-electron chi connectivity index (χ4n) is 10.8. The largest absolute Gasteiger partial charge is 1.00 e. The van der Waals surface area contributed by atoms with Crippen LogP contribution >= 0.6 is 28.3 Å². The van der Waals surface area contributed by atoms with Gasteiger partial charge < -0.3 is 74.8 Å². The maximum Gasteiger partial charge on any atom is 1.00 e. The van der Waals surface area contributed by atoms with Gasteiger partial charge in [0.15, 0.2) is 5.58 Å². The number of carbonyl (C=O) groups excluding carboxylic acids is 2. The molecular weight excluding hydrogens is 1500 g/mol. The molecule has 0 radical (unpaired) electrons. The number of ether oxygens (including phenoxy) is 5. The van der Waals surface area contributed by atoms with Crippen molar-refractivity contribution >= 4 is 91.7 Å². The Bertz CT molecular complexity index is 5090. The number of furan rings is 3. The first kappa shape index (κ1) is 85.9. The van der Waals surface area contributed by atoms with Crippen LogP contribution in [0.25, 0.3) is 55.2 Å². The summed E-state index contributed by atoms with van der Waals surface area (Å²) < 4.78 is 168. The monoisotopic (exact) mass is 1560 g/mol. The van der Waals surface area contributed by atoms with Crippen molar-refractivity contribution in [1.29, 1.82) is 0 Å². The zero-order valence-electron chi connectivity index (χ0n) is 57.1. The average molecular weight is 1570 g/mol. The number of aliphatic carboxylic acids is 1. The van der Waals surface area contributed by atoms with Gasteiger partial charge in [0, 0.05) is 133 Å². The van der Waals surface area contributed by atoms with Gasteiger partial charge in [0.05, 0.1) is 36.9 Å². The molecule has 10 N–H and O–H groups in total. The summed E-state index contributed by atoms with van der Waals surface area (Å²) in [6.45, 7) is 3.91. The van der Waals surface area contributed by atoms with Gasteiger partial charge in [0.25, 0.3) is 18.0 Å². The Morgan fingerprint density at radius 2 is 0.785 bits per heavy atom. The van der Waals surface area contributed by atoms with Crippen LogP contribution in [0.15, 0.2) is 182 Å². The van der Waals surface area contributed by atoms with Crippen molar-refractivity contribution in [2.24, 2.45) is 17.2 Å². The number of hydrogen-bond donors (Lipinski definition) is 6. The number of carbonyl (C=O) groups is 3. The molecular formula is C76H66BBrClF9LiN3O15. The van der Waals surface area contributed by atoms with Gasteiger partial charge in [-0.3, -0.25) is 14.4 Å². The molecule has 0 saturated heterocycles. The molecule has 0 atom stereocenters. The quantitative estimate of drug-likeness (QED) is 0.0197. The van der Waals surface area contributed by atoms with E-state index < -0.39 is 78.0 Å². The van der Waals surface area contributed by atoms with Gasteiger partial charge in [-0.25, -0.2) is 26.3 Å². The number of rotatable bonds is 23. The zero-order valence-corrected chi connectivity index (χ0v) is 59.5. The summed E-state index contributed by atoms with van der Waals surface area (Å²) in [6, 6.07) is 36.5. The third-order valence-electron chi connectivity index (χ3n) is 15.6. The maximum atomic E-state index is 15.0. The van der Waals surface area contributed by atoms with E-state index in [0.29, 0.717) is 76.3 Å². The fraction of sp³-hybridized carbons (Fsp3) is 0.171. The molecule has 3 aromatic heterocycles. The summed E-state index contributed by atoms with van der Waals surface area (Å²) in [7, 11) is -1.78. The number of hydrogen-bond acceptors (Lipinski definition) is 17. The zero-order chi connectivity index (χ0) is 74.9. The molecule has 18 nitrogen and oxygen atoms in total. The molecule has 9 aromatic carbocycles. The number of halogens is 11. The van der Waals surface area contributed by atoms with Crippen molar-refractivity contribution in [3.8, 4) is 39.5 Å². The van der Waals surface area contributed by atoms with Gasteiger partial charge in [-0.05, 0) is 101 Å². The first-order valence-corrected chi connectivity index (χ1v) is 32.5. The maximum absolute atomic E-state index is 15.0. The van der Waals surface area contributed by atoms with E-state index in [2.05, 4.69) is 15.9 Å². The molecule has 0 aliphatic carbocycles. The Morgan fingerprint density at radius 1 is 0.439 bits per heavy atom. The van der Waals surface area contributed by atoms with Crippen molar-refractivity contribution < 1.29 is 130 Å². The normalized spacial score (nSPS) is 10.6. The Morgan fingerprint density at radius 3 is 1.15 bits per heavy atom. The number of esters is 2. The molecule has 0 saturated carbocycles. The minimum absolute atomic E-state index is 0. The molecule has 31 heteroatoms. The van der Waals surface area contributed by atoms with Crippen LogP contribution in [-0.4, -0.2) is 58.9 Å². The van der Waals surface area contributed by atoms with E-state index in [-0.39, 0.29) is 159 Å². The Balaban J connectivity index is 0.000000231. The molecule has 556 valence electrons. The SMILES string of the molecule is CCOC(=O)Cc1ccc(F)cc1OCc1cc(-c2cccc(CN)c2F)c2oc(F)cc2c1.CCOC(=O)Cc1ccc(F)cc1OCc1cc(Br)c2oc(F)cc2c1.Cl.NCc1cccc(-c2cc(COc3cc(F)ccc3CC(=O)O)cc3cc(F)oc23)c1F.NCc1cccc(B(O)O)c1F.[Li+].[OH-]. The molecule has 0 amide bonds. The molecule has 0 fully saturated rings. The summed E-state index contributed by atoms with van der Waals surface area (Å²) in [5.41, 5.74) is 22.1. The molecule has 0 unspecified atom stereocenters. The first-order valence-electron chi connectivity index (χ1n) is 31.7. The van der Waals surface area contributed by atoms with Crippen molar-refractivity contribution in [3.63, 3.8) is 0 Å². The minimum Gasteiger partial charge on any atom is -0.870 e. The van der Waals surface area contributed by atoms with Gasteiger partial charge >= 0.3 is 43.9 Å². The summed E-state index contributed by atoms with van der Waals surface area (Å²) in [5, 5.41) is 27.8. The summed E-state index contributed by atoms with van der Waals surface area (Å²) in [4.78, 5) is 34.7. The molecule has 0 aliphatic heterocycles. The van der Waals surface area contributed by atoms with E-state index in [1.807, 2.05) is 0 Å². The second-order valence-electron chi connectivity index (χ2n) is 22.8. The van der Waals surface area contributed by atoms with Crippen LogP contribution < -0.4 is 55.7 Å². The summed E-state index contributed by atoms with van der Waals surface area (Å²) in [5.74, 6) is -4.76. The predicted octanol–water partition coefficient (Wildman–Crippen LogP) is 12.2. The third-order valence-corrected chi connectivity index (χ3v) is 16.2. The van der Waals surface area contributed by atoms with Crippen LogP contribution in [0, 0.1) is 52.9 Å².